The third-order valence-corrected chi connectivity index (χ3v) is 5.88. The van der Waals surface area contributed by atoms with E-state index in [1.165, 1.54) is 34.7 Å². The fourth-order valence-electron chi connectivity index (χ4n) is 3.87. The molecule has 0 radical (unpaired) electrons. The molecule has 0 aliphatic carbocycles. The van der Waals surface area contributed by atoms with Crippen LogP contribution in [0.5, 0.6) is 0 Å². The number of halogens is 1. The highest BCUT2D eigenvalue weighted by atomic mass is 19.1. The molecule has 0 atom stereocenters. The largest absolute Gasteiger partial charge is 0.350 e. The Hall–Kier alpha value is -3.73. The molecule has 1 N–H and O–H groups in total. The minimum absolute atomic E-state index is 0.178. The number of hydrogen-bond donors (Lipinski definition) is 1. The van der Waals surface area contributed by atoms with Crippen molar-refractivity contribution in [3.8, 4) is 0 Å². The van der Waals surface area contributed by atoms with Crippen LogP contribution < -0.4 is 10.2 Å². The second kappa shape index (κ2) is 9.02. The zero-order chi connectivity index (χ0) is 23.7. The van der Waals surface area contributed by atoms with Crippen LogP contribution in [0.25, 0.3) is 5.57 Å². The average Bonchev–Trinajstić information content (AvgIpc) is 3.04. The number of rotatable bonds is 6. The van der Waals surface area contributed by atoms with Crippen molar-refractivity contribution in [2.24, 2.45) is 0 Å². The Balaban J connectivity index is 1.75. The number of imide groups is 1. The van der Waals surface area contributed by atoms with Gasteiger partial charge >= 0.3 is 0 Å². The van der Waals surface area contributed by atoms with E-state index in [2.05, 4.69) is 33.0 Å². The van der Waals surface area contributed by atoms with Gasteiger partial charge in [0.2, 0.25) is 0 Å². The minimum atomic E-state index is -0.440. The molecule has 3 aromatic carbocycles. The number of hydrogen-bond acceptors (Lipinski definition) is 3. The summed E-state index contributed by atoms with van der Waals surface area (Å²) in [5.41, 5.74) is 4.38. The first-order chi connectivity index (χ1) is 15.8. The SMILES string of the molecule is CC(C)c1ccc(NC2=C(c3ccc(F)cc3)C(=O)N(c3ccc(C(C)C)cc3)C2=O)cc1. The highest BCUT2D eigenvalue weighted by molar-refractivity contribution is 6.46. The van der Waals surface area contributed by atoms with Crippen molar-refractivity contribution in [2.75, 3.05) is 10.2 Å². The van der Waals surface area contributed by atoms with Crippen LogP contribution in [0.3, 0.4) is 0 Å². The van der Waals surface area contributed by atoms with E-state index < -0.39 is 17.6 Å². The zero-order valence-electron chi connectivity index (χ0n) is 19.2. The molecule has 33 heavy (non-hydrogen) atoms. The van der Waals surface area contributed by atoms with Crippen LogP contribution in [0.1, 0.15) is 56.2 Å². The third-order valence-electron chi connectivity index (χ3n) is 5.88. The number of carbonyl (C=O) groups is 2. The summed E-state index contributed by atoms with van der Waals surface area (Å²) in [6.45, 7) is 8.39. The van der Waals surface area contributed by atoms with E-state index in [9.17, 15) is 14.0 Å². The lowest BCUT2D eigenvalue weighted by atomic mass is 10.0. The number of nitrogens with zero attached hydrogens (tertiary/aromatic N) is 1. The number of anilines is 2. The summed E-state index contributed by atoms with van der Waals surface area (Å²) in [6.07, 6.45) is 0. The summed E-state index contributed by atoms with van der Waals surface area (Å²) in [5, 5.41) is 3.15. The molecule has 0 bridgehead atoms. The Bertz CT molecular complexity index is 1210. The van der Waals surface area contributed by atoms with Gasteiger partial charge in [-0.1, -0.05) is 64.1 Å². The van der Waals surface area contributed by atoms with Crippen molar-refractivity contribution in [2.45, 2.75) is 39.5 Å². The van der Waals surface area contributed by atoms with E-state index in [1.807, 2.05) is 36.4 Å². The Morgan fingerprint density at radius 1 is 0.697 bits per heavy atom. The highest BCUT2D eigenvalue weighted by Gasteiger charge is 2.40. The van der Waals surface area contributed by atoms with Gasteiger partial charge in [-0.3, -0.25) is 9.59 Å². The molecule has 0 fully saturated rings. The predicted molar refractivity (Wildman–Crippen MR) is 130 cm³/mol. The van der Waals surface area contributed by atoms with Crippen LogP contribution in [0.2, 0.25) is 0 Å². The van der Waals surface area contributed by atoms with Gasteiger partial charge < -0.3 is 5.32 Å². The predicted octanol–water partition coefficient (Wildman–Crippen LogP) is 6.47. The van der Waals surface area contributed by atoms with Crippen LogP contribution in [0.15, 0.2) is 78.5 Å². The van der Waals surface area contributed by atoms with Crippen molar-refractivity contribution in [1.82, 2.24) is 0 Å². The van der Waals surface area contributed by atoms with Crippen molar-refractivity contribution in [1.29, 1.82) is 0 Å². The molecule has 2 amide bonds. The summed E-state index contributed by atoms with van der Waals surface area (Å²) in [6, 6.07) is 20.8. The quantitative estimate of drug-likeness (QED) is 0.445. The Labute approximate surface area is 193 Å². The van der Waals surface area contributed by atoms with Gasteiger partial charge in [-0.25, -0.2) is 9.29 Å². The van der Waals surface area contributed by atoms with Gasteiger partial charge in [0.15, 0.2) is 0 Å². The maximum Gasteiger partial charge on any atom is 0.282 e. The molecular formula is C28H27FN2O2. The maximum absolute atomic E-state index is 13.5. The molecule has 0 unspecified atom stereocenters. The molecule has 1 aliphatic rings. The molecule has 0 spiro atoms. The van der Waals surface area contributed by atoms with Crippen LogP contribution in [-0.4, -0.2) is 11.8 Å². The minimum Gasteiger partial charge on any atom is -0.350 e. The number of nitrogens with one attached hydrogen (secondary N) is 1. The molecule has 3 aromatic rings. The molecule has 168 valence electrons. The van der Waals surface area contributed by atoms with Crippen LogP contribution >= 0.6 is 0 Å². The Morgan fingerprint density at radius 2 is 1.21 bits per heavy atom. The van der Waals surface area contributed by atoms with Crippen molar-refractivity contribution in [3.63, 3.8) is 0 Å². The second-order valence-corrected chi connectivity index (χ2v) is 8.85. The smallest absolute Gasteiger partial charge is 0.282 e. The molecule has 0 aromatic heterocycles. The first-order valence-corrected chi connectivity index (χ1v) is 11.1. The van der Waals surface area contributed by atoms with E-state index in [1.54, 1.807) is 12.1 Å². The van der Waals surface area contributed by atoms with Crippen LogP contribution in [0.4, 0.5) is 15.8 Å². The van der Waals surface area contributed by atoms with Crippen LogP contribution in [0, 0.1) is 5.82 Å². The Morgan fingerprint density at radius 3 is 1.73 bits per heavy atom. The van der Waals surface area contributed by atoms with Gasteiger partial charge in [0.25, 0.3) is 11.8 Å². The third kappa shape index (κ3) is 4.44. The molecule has 0 saturated heterocycles. The monoisotopic (exact) mass is 442 g/mol. The molecule has 4 nitrogen and oxygen atoms in total. The summed E-state index contributed by atoms with van der Waals surface area (Å²) in [5.74, 6) is -0.569. The summed E-state index contributed by atoms with van der Waals surface area (Å²) in [7, 11) is 0. The zero-order valence-corrected chi connectivity index (χ0v) is 19.2. The molecular weight excluding hydrogens is 415 g/mol. The maximum atomic E-state index is 13.5. The fourth-order valence-corrected chi connectivity index (χ4v) is 3.87. The number of amides is 2. The summed E-state index contributed by atoms with van der Waals surface area (Å²) < 4.78 is 13.5. The molecule has 0 saturated carbocycles. The molecule has 5 heteroatoms. The van der Waals surface area contributed by atoms with E-state index in [0.717, 1.165) is 5.56 Å². The lowest BCUT2D eigenvalue weighted by molar-refractivity contribution is -0.120. The van der Waals surface area contributed by atoms with Crippen molar-refractivity contribution >= 4 is 28.8 Å². The van der Waals surface area contributed by atoms with Gasteiger partial charge in [0, 0.05) is 5.69 Å². The van der Waals surface area contributed by atoms with Crippen LogP contribution in [-0.2, 0) is 9.59 Å². The lowest BCUT2D eigenvalue weighted by Crippen LogP contribution is -2.32. The number of carbonyl (C=O) groups excluding carboxylic acids is 2. The summed E-state index contributed by atoms with van der Waals surface area (Å²) >= 11 is 0. The van der Waals surface area contributed by atoms with Crippen molar-refractivity contribution in [3.05, 3.63) is 101 Å². The lowest BCUT2D eigenvalue weighted by Gasteiger charge is -2.16. The van der Waals surface area contributed by atoms with Gasteiger partial charge in [0.05, 0.1) is 11.3 Å². The molecule has 4 rings (SSSR count). The van der Waals surface area contributed by atoms with E-state index in [4.69, 9.17) is 0 Å². The normalized spacial score (nSPS) is 14.1. The second-order valence-electron chi connectivity index (χ2n) is 8.85. The van der Waals surface area contributed by atoms with Gasteiger partial charge in [-0.15, -0.1) is 0 Å². The molecule has 1 aliphatic heterocycles. The Kier molecular flexibility index (Phi) is 6.14. The van der Waals surface area contributed by atoms with Gasteiger partial charge in [-0.05, 0) is 64.9 Å². The van der Waals surface area contributed by atoms with E-state index in [-0.39, 0.29) is 11.3 Å². The topological polar surface area (TPSA) is 49.4 Å². The van der Waals surface area contributed by atoms with Gasteiger partial charge in [-0.2, -0.15) is 0 Å². The average molecular weight is 443 g/mol. The van der Waals surface area contributed by atoms with E-state index >= 15 is 0 Å². The van der Waals surface area contributed by atoms with Gasteiger partial charge in [0.1, 0.15) is 11.5 Å². The van der Waals surface area contributed by atoms with E-state index in [0.29, 0.717) is 28.8 Å². The summed E-state index contributed by atoms with van der Waals surface area (Å²) in [4.78, 5) is 28.1. The highest BCUT2D eigenvalue weighted by Crippen LogP contribution is 2.34. The standard InChI is InChI=1S/C28H27FN2O2/c1-17(2)19-7-13-23(14-8-19)30-26-25(21-5-11-22(29)12-6-21)27(32)31(28(26)33)24-15-9-20(10-16-24)18(3)4/h5-18,30H,1-4H3. The fraction of sp³-hybridized carbons (Fsp3) is 0.214. The number of benzene rings is 3. The van der Waals surface area contributed by atoms with Crippen molar-refractivity contribution < 1.29 is 14.0 Å². The molecule has 1 heterocycles. The first kappa shape index (κ1) is 22.5. The first-order valence-electron chi connectivity index (χ1n) is 11.1.